The second-order valence-corrected chi connectivity index (χ2v) is 9.01. The predicted octanol–water partition coefficient (Wildman–Crippen LogP) is 4.83. The maximum atomic E-state index is 14.8. The molecule has 0 aliphatic carbocycles. The first-order valence-corrected chi connectivity index (χ1v) is 12.3. The van der Waals surface area contributed by atoms with Gasteiger partial charge in [-0.1, -0.05) is 12.1 Å². The van der Waals surface area contributed by atoms with Crippen LogP contribution in [0.5, 0.6) is 5.75 Å². The Kier molecular flexibility index (Phi) is 5.99. The van der Waals surface area contributed by atoms with E-state index in [0.717, 1.165) is 60.1 Å². The van der Waals surface area contributed by atoms with Gasteiger partial charge in [0.25, 0.3) is 0 Å². The van der Waals surface area contributed by atoms with Crippen molar-refractivity contribution in [2.24, 2.45) is 0 Å². The van der Waals surface area contributed by atoms with Crippen LogP contribution in [0, 0.1) is 5.82 Å². The van der Waals surface area contributed by atoms with Crippen molar-refractivity contribution in [2.75, 3.05) is 44.8 Å². The molecule has 1 aliphatic heterocycles. The number of halogens is 1. The van der Waals surface area contributed by atoms with Crippen molar-refractivity contribution >= 4 is 44.5 Å². The third-order valence-corrected chi connectivity index (χ3v) is 6.85. The van der Waals surface area contributed by atoms with Crippen molar-refractivity contribution in [1.29, 1.82) is 0 Å². The van der Waals surface area contributed by atoms with Gasteiger partial charge in [-0.05, 0) is 23.6 Å². The normalized spacial score (nSPS) is 14.5. The molecule has 8 nitrogen and oxygen atoms in total. The highest BCUT2D eigenvalue weighted by atomic mass is 32.1. The van der Waals surface area contributed by atoms with Gasteiger partial charge in [-0.25, -0.2) is 14.4 Å². The molecular weight excluding hydrogens is 467 g/mol. The summed E-state index contributed by atoms with van der Waals surface area (Å²) < 4.78 is 26.1. The van der Waals surface area contributed by atoms with E-state index in [1.54, 1.807) is 23.5 Å². The molecule has 3 aromatic heterocycles. The highest BCUT2D eigenvalue weighted by Crippen LogP contribution is 2.37. The molecule has 2 N–H and O–H groups in total. The Morgan fingerprint density at radius 3 is 2.86 bits per heavy atom. The fourth-order valence-electron chi connectivity index (χ4n) is 4.30. The zero-order valence-electron chi connectivity index (χ0n) is 18.8. The van der Waals surface area contributed by atoms with E-state index in [-0.39, 0.29) is 5.82 Å². The summed E-state index contributed by atoms with van der Waals surface area (Å²) in [4.78, 5) is 11.5. The molecule has 1 aliphatic rings. The number of nitrogens with zero attached hydrogens (tertiary/aromatic N) is 4. The van der Waals surface area contributed by atoms with Gasteiger partial charge in [-0.15, -0.1) is 0 Å². The Morgan fingerprint density at radius 1 is 1.11 bits per heavy atom. The number of hydrogen-bond donors (Lipinski definition) is 2. The largest absolute Gasteiger partial charge is 0.492 e. The zero-order valence-corrected chi connectivity index (χ0v) is 19.6. The molecule has 0 atom stereocenters. The molecule has 6 rings (SSSR count). The molecule has 2 aromatic carbocycles. The zero-order chi connectivity index (χ0) is 23.6. The highest BCUT2D eigenvalue weighted by molar-refractivity contribution is 7.09. The standard InChI is InChI=1S/C25H23FN6O2S/c26-21-5-4-16(34-11-8-32-6-9-33-10-7-32)12-22(21)29-25-20-14-35-13-19(20)17-2-1-3-18(23(17)30-25)24-27-15-28-31-24/h1-5,12-15H,6-11H2,(H,29,30)(H,27,28,31). The number of aromatic amines is 1. The average Bonchev–Trinajstić information content (AvgIpc) is 3.59. The Balaban J connectivity index is 1.31. The van der Waals surface area contributed by atoms with Gasteiger partial charge in [0, 0.05) is 52.8 Å². The van der Waals surface area contributed by atoms with Crippen molar-refractivity contribution in [2.45, 2.75) is 0 Å². The van der Waals surface area contributed by atoms with Crippen molar-refractivity contribution in [3.63, 3.8) is 0 Å². The lowest BCUT2D eigenvalue weighted by Gasteiger charge is -2.26. The van der Waals surface area contributed by atoms with Crippen LogP contribution in [0.3, 0.4) is 0 Å². The minimum absolute atomic E-state index is 0.311. The summed E-state index contributed by atoms with van der Waals surface area (Å²) in [5, 5.41) is 17.2. The molecule has 5 aromatic rings. The minimum Gasteiger partial charge on any atom is -0.492 e. The number of para-hydroxylation sites is 1. The van der Waals surface area contributed by atoms with Crippen molar-refractivity contribution in [1.82, 2.24) is 25.1 Å². The van der Waals surface area contributed by atoms with E-state index in [2.05, 4.69) is 30.8 Å². The number of benzene rings is 2. The van der Waals surface area contributed by atoms with Crippen LogP contribution in [0.25, 0.3) is 33.1 Å². The molecule has 10 heteroatoms. The Morgan fingerprint density at radius 2 is 2.00 bits per heavy atom. The van der Waals surface area contributed by atoms with Crippen LogP contribution in [-0.2, 0) is 4.74 Å². The van der Waals surface area contributed by atoms with Gasteiger partial charge < -0.3 is 14.8 Å². The van der Waals surface area contributed by atoms with E-state index < -0.39 is 0 Å². The summed E-state index contributed by atoms with van der Waals surface area (Å²) in [7, 11) is 0. The summed E-state index contributed by atoms with van der Waals surface area (Å²) >= 11 is 1.58. The fraction of sp³-hybridized carbons (Fsp3) is 0.240. The quantitative estimate of drug-likeness (QED) is 0.338. The van der Waals surface area contributed by atoms with E-state index in [1.807, 2.05) is 23.6 Å². The Labute approximate surface area is 204 Å². The molecule has 0 radical (unpaired) electrons. The number of thiophene rings is 1. The van der Waals surface area contributed by atoms with Gasteiger partial charge in [-0.2, -0.15) is 16.4 Å². The van der Waals surface area contributed by atoms with Crippen molar-refractivity contribution < 1.29 is 13.9 Å². The van der Waals surface area contributed by atoms with E-state index in [1.165, 1.54) is 12.4 Å². The first-order valence-electron chi connectivity index (χ1n) is 11.4. The molecule has 4 heterocycles. The van der Waals surface area contributed by atoms with E-state index >= 15 is 0 Å². The molecule has 178 valence electrons. The number of fused-ring (bicyclic) bond motifs is 3. The second kappa shape index (κ2) is 9.57. The number of anilines is 2. The Bertz CT molecular complexity index is 1470. The monoisotopic (exact) mass is 490 g/mol. The molecule has 0 unspecified atom stereocenters. The maximum absolute atomic E-state index is 14.8. The number of morpholine rings is 1. The van der Waals surface area contributed by atoms with Crippen LogP contribution < -0.4 is 10.1 Å². The predicted molar refractivity (Wildman–Crippen MR) is 135 cm³/mol. The van der Waals surface area contributed by atoms with Gasteiger partial charge in [0.15, 0.2) is 5.82 Å². The average molecular weight is 491 g/mol. The fourth-order valence-corrected chi connectivity index (χ4v) is 5.13. The molecule has 1 fully saturated rings. The summed E-state index contributed by atoms with van der Waals surface area (Å²) in [6.07, 6.45) is 1.47. The first kappa shape index (κ1) is 21.9. The number of hydrogen-bond acceptors (Lipinski definition) is 8. The smallest absolute Gasteiger partial charge is 0.157 e. The molecule has 0 saturated carbocycles. The lowest BCUT2D eigenvalue weighted by Crippen LogP contribution is -2.38. The lowest BCUT2D eigenvalue weighted by molar-refractivity contribution is 0.0322. The van der Waals surface area contributed by atoms with Crippen LogP contribution in [0.1, 0.15) is 0 Å². The Hall–Kier alpha value is -3.60. The van der Waals surface area contributed by atoms with Crippen molar-refractivity contribution in [3.8, 4) is 17.1 Å². The summed E-state index contributed by atoms with van der Waals surface area (Å²) in [6.45, 7) is 4.63. The van der Waals surface area contributed by atoms with E-state index in [9.17, 15) is 4.39 Å². The van der Waals surface area contributed by atoms with Gasteiger partial charge in [-0.3, -0.25) is 10.00 Å². The van der Waals surface area contributed by atoms with Crippen LogP contribution in [0.2, 0.25) is 0 Å². The molecule has 0 spiro atoms. The number of rotatable bonds is 7. The minimum atomic E-state index is -0.376. The first-order chi connectivity index (χ1) is 17.3. The lowest BCUT2D eigenvalue weighted by atomic mass is 10.1. The highest BCUT2D eigenvalue weighted by Gasteiger charge is 2.16. The van der Waals surface area contributed by atoms with Gasteiger partial charge in [0.05, 0.1) is 24.4 Å². The number of nitrogens with one attached hydrogen (secondary N) is 2. The van der Waals surface area contributed by atoms with E-state index in [4.69, 9.17) is 14.5 Å². The number of pyridine rings is 1. The number of H-pyrrole nitrogens is 1. The number of ether oxygens (including phenoxy) is 2. The molecule has 0 amide bonds. The van der Waals surface area contributed by atoms with Crippen molar-refractivity contribution in [3.05, 3.63) is 59.3 Å². The third-order valence-electron chi connectivity index (χ3n) is 6.11. The third kappa shape index (κ3) is 4.43. The molecular formula is C25H23FN6O2S. The molecule has 35 heavy (non-hydrogen) atoms. The molecule has 1 saturated heterocycles. The summed E-state index contributed by atoms with van der Waals surface area (Å²) in [5.41, 5.74) is 1.90. The topological polar surface area (TPSA) is 88.2 Å². The van der Waals surface area contributed by atoms with Crippen LogP contribution in [-0.4, -0.2) is 64.5 Å². The van der Waals surface area contributed by atoms with Crippen LogP contribution >= 0.6 is 11.3 Å². The maximum Gasteiger partial charge on any atom is 0.157 e. The summed E-state index contributed by atoms with van der Waals surface area (Å²) in [5.74, 6) is 1.43. The van der Waals surface area contributed by atoms with Crippen LogP contribution in [0.15, 0.2) is 53.5 Å². The summed E-state index contributed by atoms with van der Waals surface area (Å²) in [6, 6.07) is 10.7. The second-order valence-electron chi connectivity index (χ2n) is 8.26. The number of aromatic nitrogens is 4. The molecule has 0 bridgehead atoms. The van der Waals surface area contributed by atoms with Gasteiger partial charge >= 0.3 is 0 Å². The van der Waals surface area contributed by atoms with Gasteiger partial charge in [0.2, 0.25) is 0 Å². The van der Waals surface area contributed by atoms with E-state index in [0.29, 0.717) is 29.7 Å². The van der Waals surface area contributed by atoms with Gasteiger partial charge in [0.1, 0.15) is 30.3 Å². The van der Waals surface area contributed by atoms with Crippen LogP contribution in [0.4, 0.5) is 15.9 Å². The SMILES string of the molecule is Fc1ccc(OCCN2CCOCC2)cc1Nc1nc2c(-c3ncn[nH]3)cccc2c2cscc12.